The van der Waals surface area contributed by atoms with E-state index in [0.29, 0.717) is 10.3 Å². The van der Waals surface area contributed by atoms with Crippen LogP contribution in [0.25, 0.3) is 16.7 Å². The molecule has 0 saturated carbocycles. The molecule has 0 atom stereocenters. The summed E-state index contributed by atoms with van der Waals surface area (Å²) >= 11 is 8.81. The smallest absolute Gasteiger partial charge is 0.182 e. The molecule has 2 aromatic carbocycles. The summed E-state index contributed by atoms with van der Waals surface area (Å²) in [6.07, 6.45) is 0. The van der Waals surface area contributed by atoms with Crippen LogP contribution in [-0.4, -0.2) is 9.55 Å². The second-order valence-electron chi connectivity index (χ2n) is 4.36. The number of benzene rings is 2. The minimum Gasteiger partial charge on any atom is -0.330 e. The molecule has 5 heteroatoms. The fourth-order valence-electron chi connectivity index (χ4n) is 2.11. The molecule has 0 bridgehead atoms. The van der Waals surface area contributed by atoms with Crippen LogP contribution in [-0.2, 0) is 0 Å². The topological polar surface area (TPSA) is 20.7 Å². The van der Waals surface area contributed by atoms with Crippen LogP contribution in [0.4, 0.5) is 4.39 Å². The van der Waals surface area contributed by atoms with Gasteiger partial charge < -0.3 is 4.98 Å². The molecule has 0 fully saturated rings. The first-order valence-corrected chi connectivity index (χ1v) is 6.93. The maximum absolute atomic E-state index is 13.2. The van der Waals surface area contributed by atoms with Gasteiger partial charge in [-0.2, -0.15) is 0 Å². The lowest BCUT2D eigenvalue weighted by Crippen LogP contribution is -1.94. The first-order chi connectivity index (χ1) is 9.06. The average molecular weight is 337 g/mol. The molecular weight excluding hydrogens is 327 g/mol. The second-order valence-corrected chi connectivity index (χ2v) is 5.60. The predicted octanol–water partition coefficient (Wildman–Crippen LogP) is 4.90. The first-order valence-electron chi connectivity index (χ1n) is 5.73. The van der Waals surface area contributed by atoms with Gasteiger partial charge in [-0.1, -0.05) is 15.9 Å². The van der Waals surface area contributed by atoms with E-state index in [1.165, 1.54) is 12.1 Å². The monoisotopic (exact) mass is 336 g/mol. The van der Waals surface area contributed by atoms with Crippen molar-refractivity contribution in [3.8, 4) is 5.69 Å². The Morgan fingerprint density at radius 1 is 1.21 bits per heavy atom. The Morgan fingerprint density at radius 2 is 2.00 bits per heavy atom. The fraction of sp³-hybridized carbons (Fsp3) is 0.0714. The lowest BCUT2D eigenvalue weighted by Gasteiger charge is -2.07. The van der Waals surface area contributed by atoms with Gasteiger partial charge in [0.25, 0.3) is 0 Å². The van der Waals surface area contributed by atoms with E-state index in [-0.39, 0.29) is 5.82 Å². The van der Waals surface area contributed by atoms with Crippen LogP contribution in [0.1, 0.15) is 5.56 Å². The minimum absolute atomic E-state index is 0.275. The number of aromatic amines is 1. The maximum atomic E-state index is 13.2. The van der Waals surface area contributed by atoms with Gasteiger partial charge in [0.2, 0.25) is 0 Å². The molecule has 0 saturated heterocycles. The summed E-state index contributed by atoms with van der Waals surface area (Å²) in [7, 11) is 0. The van der Waals surface area contributed by atoms with Crippen molar-refractivity contribution in [3.63, 3.8) is 0 Å². The Labute approximate surface area is 123 Å². The lowest BCUT2D eigenvalue weighted by molar-refractivity contribution is 0.629. The third kappa shape index (κ3) is 2.13. The summed E-state index contributed by atoms with van der Waals surface area (Å²) in [6.45, 7) is 2.02. The average Bonchev–Trinajstić information content (AvgIpc) is 2.68. The zero-order chi connectivity index (χ0) is 13.6. The first kappa shape index (κ1) is 12.6. The van der Waals surface area contributed by atoms with Crippen LogP contribution >= 0.6 is 28.1 Å². The van der Waals surface area contributed by atoms with E-state index in [9.17, 15) is 4.39 Å². The van der Waals surface area contributed by atoms with E-state index in [4.69, 9.17) is 12.2 Å². The molecule has 1 N–H and O–H groups in total. The van der Waals surface area contributed by atoms with Crippen molar-refractivity contribution >= 4 is 39.2 Å². The molecule has 96 valence electrons. The van der Waals surface area contributed by atoms with E-state index in [1.54, 1.807) is 6.07 Å². The molecule has 19 heavy (non-hydrogen) atoms. The molecule has 0 aliphatic heterocycles. The van der Waals surface area contributed by atoms with Crippen molar-refractivity contribution in [1.82, 2.24) is 9.55 Å². The summed E-state index contributed by atoms with van der Waals surface area (Å²) < 4.78 is 16.7. The highest BCUT2D eigenvalue weighted by Crippen LogP contribution is 2.24. The number of imidazole rings is 1. The highest BCUT2D eigenvalue weighted by molar-refractivity contribution is 9.10. The number of aromatic nitrogens is 2. The second kappa shape index (κ2) is 4.58. The van der Waals surface area contributed by atoms with Gasteiger partial charge in [-0.05, 0) is 61.1 Å². The number of halogens is 2. The summed E-state index contributed by atoms with van der Waals surface area (Å²) in [5.41, 5.74) is 3.65. The van der Waals surface area contributed by atoms with Gasteiger partial charge in [-0.25, -0.2) is 4.39 Å². The molecule has 0 aliphatic carbocycles. The highest BCUT2D eigenvalue weighted by atomic mass is 79.9. The van der Waals surface area contributed by atoms with Crippen LogP contribution in [0.3, 0.4) is 0 Å². The molecule has 0 spiro atoms. The number of rotatable bonds is 1. The maximum Gasteiger partial charge on any atom is 0.182 e. The Kier molecular flexibility index (Phi) is 3.03. The van der Waals surface area contributed by atoms with Gasteiger partial charge in [0.05, 0.1) is 11.0 Å². The minimum atomic E-state index is -0.275. The summed E-state index contributed by atoms with van der Waals surface area (Å²) in [5.74, 6) is -0.275. The standard InChI is InChI=1S/C14H10BrFN2S/c1-8-6-10(3-4-11(8)15)18-13-5-2-9(16)7-12(13)17-14(18)19/h2-7H,1H3,(H,17,19). The van der Waals surface area contributed by atoms with E-state index < -0.39 is 0 Å². The van der Waals surface area contributed by atoms with E-state index >= 15 is 0 Å². The molecule has 3 rings (SSSR count). The molecular formula is C14H10BrFN2S. The van der Waals surface area contributed by atoms with Crippen LogP contribution in [0.5, 0.6) is 0 Å². The van der Waals surface area contributed by atoms with Gasteiger partial charge in [0, 0.05) is 10.2 Å². The van der Waals surface area contributed by atoms with Gasteiger partial charge in [-0.3, -0.25) is 4.57 Å². The molecule has 0 unspecified atom stereocenters. The Balaban J connectivity index is 2.32. The number of hydrogen-bond donors (Lipinski definition) is 1. The van der Waals surface area contributed by atoms with Crippen molar-refractivity contribution in [1.29, 1.82) is 0 Å². The van der Waals surface area contributed by atoms with Crippen molar-refractivity contribution in [2.24, 2.45) is 0 Å². The van der Waals surface area contributed by atoms with E-state index in [1.807, 2.05) is 29.7 Å². The van der Waals surface area contributed by atoms with Crippen molar-refractivity contribution in [3.05, 3.63) is 57.0 Å². The normalized spacial score (nSPS) is 11.1. The van der Waals surface area contributed by atoms with E-state index in [0.717, 1.165) is 21.2 Å². The molecule has 1 heterocycles. The van der Waals surface area contributed by atoms with Gasteiger partial charge >= 0.3 is 0 Å². The number of hydrogen-bond acceptors (Lipinski definition) is 1. The van der Waals surface area contributed by atoms with Gasteiger partial charge in [0.1, 0.15) is 5.82 Å². The molecule has 0 radical (unpaired) electrons. The Hall–Kier alpha value is -1.46. The summed E-state index contributed by atoms with van der Waals surface area (Å²) in [4.78, 5) is 3.03. The van der Waals surface area contributed by atoms with Crippen molar-refractivity contribution in [2.45, 2.75) is 6.92 Å². The molecule has 0 amide bonds. The summed E-state index contributed by atoms with van der Waals surface area (Å²) in [6, 6.07) is 10.6. The molecule has 1 aromatic heterocycles. The van der Waals surface area contributed by atoms with Gasteiger partial charge in [0.15, 0.2) is 4.77 Å². The van der Waals surface area contributed by atoms with Crippen molar-refractivity contribution < 1.29 is 4.39 Å². The number of nitrogens with zero attached hydrogens (tertiary/aromatic N) is 1. The number of aryl methyl sites for hydroxylation is 1. The van der Waals surface area contributed by atoms with Crippen LogP contribution < -0.4 is 0 Å². The third-order valence-electron chi connectivity index (χ3n) is 3.04. The lowest BCUT2D eigenvalue weighted by atomic mass is 10.2. The van der Waals surface area contributed by atoms with Crippen LogP contribution in [0, 0.1) is 17.5 Å². The van der Waals surface area contributed by atoms with Crippen LogP contribution in [0.15, 0.2) is 40.9 Å². The number of nitrogens with one attached hydrogen (secondary N) is 1. The zero-order valence-electron chi connectivity index (χ0n) is 10.1. The molecule has 3 aromatic rings. The predicted molar refractivity (Wildman–Crippen MR) is 80.9 cm³/mol. The highest BCUT2D eigenvalue weighted by Gasteiger charge is 2.08. The van der Waals surface area contributed by atoms with E-state index in [2.05, 4.69) is 20.9 Å². The molecule has 2 nitrogen and oxygen atoms in total. The van der Waals surface area contributed by atoms with Crippen molar-refractivity contribution in [2.75, 3.05) is 0 Å². The fourth-order valence-corrected chi connectivity index (χ4v) is 2.67. The third-order valence-corrected chi connectivity index (χ3v) is 4.22. The SMILES string of the molecule is Cc1cc(-n2c(=S)[nH]c3cc(F)ccc32)ccc1Br. The quantitative estimate of drug-likeness (QED) is 0.627. The number of H-pyrrole nitrogens is 1. The number of fused-ring (bicyclic) bond motifs is 1. The Bertz CT molecular complexity index is 835. The molecule has 0 aliphatic rings. The van der Waals surface area contributed by atoms with Crippen LogP contribution in [0.2, 0.25) is 0 Å². The largest absolute Gasteiger partial charge is 0.330 e. The summed E-state index contributed by atoms with van der Waals surface area (Å²) in [5, 5.41) is 0. The Morgan fingerprint density at radius 3 is 2.74 bits per heavy atom. The van der Waals surface area contributed by atoms with Gasteiger partial charge in [-0.15, -0.1) is 0 Å². The zero-order valence-corrected chi connectivity index (χ0v) is 12.5.